The number of ether oxygens (including phenoxy) is 1. The number of aliphatic carboxylic acids is 1. The van der Waals surface area contributed by atoms with Crippen LogP contribution in [0.5, 0.6) is 0 Å². The maximum absolute atomic E-state index is 12.8. The van der Waals surface area contributed by atoms with Crippen LogP contribution in [-0.4, -0.2) is 57.5 Å². The molecule has 1 aromatic carbocycles. The van der Waals surface area contributed by atoms with Crippen molar-refractivity contribution in [2.75, 3.05) is 19.7 Å². The molecule has 0 aliphatic carbocycles. The molecule has 0 saturated carbocycles. The van der Waals surface area contributed by atoms with Gasteiger partial charge in [0.2, 0.25) is 0 Å². The molecule has 1 aliphatic heterocycles. The Morgan fingerprint density at radius 3 is 2.76 bits per heavy atom. The Labute approximate surface area is 149 Å². The molecule has 3 rings (SSSR count). The average molecular weight is 364 g/mol. The molecule has 132 valence electrons. The van der Waals surface area contributed by atoms with Crippen LogP contribution < -0.4 is 0 Å². The van der Waals surface area contributed by atoms with Crippen LogP contribution in [0.2, 0.25) is 5.02 Å². The molecule has 7 nitrogen and oxygen atoms in total. The van der Waals surface area contributed by atoms with Crippen LogP contribution in [0.25, 0.3) is 5.69 Å². The van der Waals surface area contributed by atoms with Gasteiger partial charge in [0, 0.05) is 24.3 Å². The molecule has 2 aromatic rings. The highest BCUT2D eigenvalue weighted by Crippen LogP contribution is 2.18. The van der Waals surface area contributed by atoms with Crippen molar-refractivity contribution in [1.82, 2.24) is 14.7 Å². The molecule has 1 amide bonds. The van der Waals surface area contributed by atoms with Crippen molar-refractivity contribution in [1.29, 1.82) is 0 Å². The third-order valence-electron chi connectivity index (χ3n) is 4.05. The number of halogens is 1. The number of aryl methyl sites for hydroxylation is 1. The number of hydrogen-bond donors (Lipinski definition) is 1. The van der Waals surface area contributed by atoms with Gasteiger partial charge in [-0.2, -0.15) is 5.10 Å². The van der Waals surface area contributed by atoms with Crippen LogP contribution >= 0.6 is 11.6 Å². The fourth-order valence-corrected chi connectivity index (χ4v) is 2.91. The van der Waals surface area contributed by atoms with Gasteiger partial charge >= 0.3 is 5.97 Å². The van der Waals surface area contributed by atoms with Gasteiger partial charge in [0.25, 0.3) is 5.91 Å². The minimum Gasteiger partial charge on any atom is -0.481 e. The predicted octanol–water partition coefficient (Wildman–Crippen LogP) is 2.15. The van der Waals surface area contributed by atoms with Crippen molar-refractivity contribution in [2.24, 2.45) is 0 Å². The number of hydrogen-bond acceptors (Lipinski definition) is 4. The maximum atomic E-state index is 12.8. The number of morpholine rings is 1. The van der Waals surface area contributed by atoms with Crippen molar-refractivity contribution in [3.63, 3.8) is 0 Å². The molecular weight excluding hydrogens is 346 g/mol. The normalized spacial score (nSPS) is 17.5. The summed E-state index contributed by atoms with van der Waals surface area (Å²) in [6.07, 6.45) is 1.08. The van der Waals surface area contributed by atoms with Gasteiger partial charge in [-0.25, -0.2) is 4.68 Å². The molecule has 8 heteroatoms. The zero-order valence-electron chi connectivity index (χ0n) is 13.7. The lowest BCUT2D eigenvalue weighted by Crippen LogP contribution is -2.46. The first-order valence-electron chi connectivity index (χ1n) is 7.89. The highest BCUT2D eigenvalue weighted by Gasteiger charge is 2.28. The van der Waals surface area contributed by atoms with Gasteiger partial charge in [0.15, 0.2) is 0 Å². The van der Waals surface area contributed by atoms with Crippen molar-refractivity contribution in [3.05, 3.63) is 46.7 Å². The minimum absolute atomic E-state index is 0.118. The Balaban J connectivity index is 1.78. The second-order valence-corrected chi connectivity index (χ2v) is 6.33. The molecule has 1 atom stereocenters. The quantitative estimate of drug-likeness (QED) is 0.899. The molecule has 1 aromatic heterocycles. The molecular formula is C17H18ClN3O4. The Bertz CT molecular complexity index is 788. The standard InChI is InChI=1S/C17H18ClN3O4/c1-11-15(10-21(19-11)13-4-2-12(18)3-5-13)17(24)20-6-7-25-14(9-20)8-16(22)23/h2-5,10,14H,6-9H2,1H3,(H,22,23). The van der Waals surface area contributed by atoms with Gasteiger partial charge in [-0.1, -0.05) is 11.6 Å². The van der Waals surface area contributed by atoms with E-state index in [0.29, 0.717) is 29.4 Å². The van der Waals surface area contributed by atoms with Crippen molar-refractivity contribution in [3.8, 4) is 5.69 Å². The number of carboxylic acid groups (broad SMARTS) is 1. The number of rotatable bonds is 4. The summed E-state index contributed by atoms with van der Waals surface area (Å²) in [5, 5.41) is 13.9. The summed E-state index contributed by atoms with van der Waals surface area (Å²) in [4.78, 5) is 25.3. The lowest BCUT2D eigenvalue weighted by Gasteiger charge is -2.32. The Morgan fingerprint density at radius 1 is 1.36 bits per heavy atom. The van der Waals surface area contributed by atoms with Gasteiger partial charge in [-0.15, -0.1) is 0 Å². The molecule has 1 aliphatic rings. The van der Waals surface area contributed by atoms with Crippen LogP contribution in [0, 0.1) is 6.92 Å². The highest BCUT2D eigenvalue weighted by molar-refractivity contribution is 6.30. The second kappa shape index (κ2) is 7.25. The number of nitrogens with zero attached hydrogens (tertiary/aromatic N) is 3. The number of aromatic nitrogens is 2. The van der Waals surface area contributed by atoms with Gasteiger partial charge in [-0.05, 0) is 31.2 Å². The smallest absolute Gasteiger partial charge is 0.306 e. The third-order valence-corrected chi connectivity index (χ3v) is 4.30. The zero-order chi connectivity index (χ0) is 18.0. The Kier molecular flexibility index (Phi) is 5.06. The Morgan fingerprint density at radius 2 is 2.08 bits per heavy atom. The van der Waals surface area contributed by atoms with E-state index < -0.39 is 12.1 Å². The van der Waals surface area contributed by atoms with Crippen molar-refractivity contribution >= 4 is 23.5 Å². The molecule has 1 N–H and O–H groups in total. The topological polar surface area (TPSA) is 84.7 Å². The molecule has 0 bridgehead atoms. The molecule has 1 fully saturated rings. The zero-order valence-corrected chi connectivity index (χ0v) is 14.4. The molecule has 2 heterocycles. The summed E-state index contributed by atoms with van der Waals surface area (Å²) < 4.78 is 7.05. The minimum atomic E-state index is -0.939. The van der Waals surface area contributed by atoms with E-state index in [0.717, 1.165) is 5.69 Å². The summed E-state index contributed by atoms with van der Waals surface area (Å²) in [5.74, 6) is -1.11. The lowest BCUT2D eigenvalue weighted by molar-refractivity contribution is -0.141. The van der Waals surface area contributed by atoms with E-state index in [-0.39, 0.29) is 18.9 Å². The number of benzene rings is 1. The largest absolute Gasteiger partial charge is 0.481 e. The van der Waals surface area contributed by atoms with E-state index in [1.807, 2.05) is 12.1 Å². The number of carboxylic acids is 1. The van der Waals surface area contributed by atoms with Crippen LogP contribution in [0.15, 0.2) is 30.5 Å². The number of carbonyl (C=O) groups is 2. The fraction of sp³-hybridized carbons (Fsp3) is 0.353. The average Bonchev–Trinajstić information content (AvgIpc) is 2.96. The lowest BCUT2D eigenvalue weighted by atomic mass is 10.1. The van der Waals surface area contributed by atoms with Gasteiger partial charge in [0.05, 0.1) is 36.1 Å². The first-order chi connectivity index (χ1) is 11.9. The summed E-state index contributed by atoms with van der Waals surface area (Å²) in [6.45, 7) is 2.79. The number of carbonyl (C=O) groups excluding carboxylic acids is 1. The highest BCUT2D eigenvalue weighted by atomic mass is 35.5. The SMILES string of the molecule is Cc1nn(-c2ccc(Cl)cc2)cc1C(=O)N1CCOC(CC(=O)O)C1. The number of amides is 1. The molecule has 0 radical (unpaired) electrons. The van der Waals surface area contributed by atoms with E-state index in [2.05, 4.69) is 5.10 Å². The van der Waals surface area contributed by atoms with E-state index in [1.54, 1.807) is 34.8 Å². The summed E-state index contributed by atoms with van der Waals surface area (Å²) in [7, 11) is 0. The maximum Gasteiger partial charge on any atom is 0.306 e. The summed E-state index contributed by atoms with van der Waals surface area (Å²) >= 11 is 5.89. The Hall–Kier alpha value is -2.38. The van der Waals surface area contributed by atoms with Crippen molar-refractivity contribution < 1.29 is 19.4 Å². The van der Waals surface area contributed by atoms with E-state index >= 15 is 0 Å². The van der Waals surface area contributed by atoms with E-state index in [4.69, 9.17) is 21.4 Å². The fourth-order valence-electron chi connectivity index (χ4n) is 2.79. The van der Waals surface area contributed by atoms with Gasteiger partial charge in [-0.3, -0.25) is 9.59 Å². The van der Waals surface area contributed by atoms with Gasteiger partial charge in [0.1, 0.15) is 0 Å². The van der Waals surface area contributed by atoms with Gasteiger partial charge < -0.3 is 14.7 Å². The summed E-state index contributed by atoms with van der Waals surface area (Å²) in [6, 6.07) is 7.16. The third kappa shape index (κ3) is 4.00. The molecule has 1 unspecified atom stereocenters. The van der Waals surface area contributed by atoms with Crippen LogP contribution in [-0.2, 0) is 9.53 Å². The van der Waals surface area contributed by atoms with Crippen LogP contribution in [0.1, 0.15) is 22.5 Å². The van der Waals surface area contributed by atoms with E-state index in [9.17, 15) is 9.59 Å². The monoisotopic (exact) mass is 363 g/mol. The van der Waals surface area contributed by atoms with E-state index in [1.165, 1.54) is 0 Å². The van der Waals surface area contributed by atoms with Crippen LogP contribution in [0.4, 0.5) is 0 Å². The van der Waals surface area contributed by atoms with Crippen molar-refractivity contribution in [2.45, 2.75) is 19.4 Å². The summed E-state index contributed by atoms with van der Waals surface area (Å²) in [5.41, 5.74) is 1.91. The van der Waals surface area contributed by atoms with Crippen LogP contribution in [0.3, 0.4) is 0 Å². The second-order valence-electron chi connectivity index (χ2n) is 5.89. The first-order valence-corrected chi connectivity index (χ1v) is 8.26. The first kappa shape index (κ1) is 17.4. The predicted molar refractivity (Wildman–Crippen MR) is 91.2 cm³/mol. The molecule has 1 saturated heterocycles. The molecule has 25 heavy (non-hydrogen) atoms. The molecule has 0 spiro atoms.